The Hall–Kier alpha value is -3.57. The predicted molar refractivity (Wildman–Crippen MR) is 190 cm³/mol. The molecule has 1 amide bonds. The van der Waals surface area contributed by atoms with Crippen LogP contribution in [0.1, 0.15) is 61.5 Å². The number of nitrogens with one attached hydrogen (secondary N) is 1. The van der Waals surface area contributed by atoms with Gasteiger partial charge in [0, 0.05) is 31.3 Å². The maximum absolute atomic E-state index is 13.8. The van der Waals surface area contributed by atoms with E-state index in [1.165, 1.54) is 17.5 Å². The van der Waals surface area contributed by atoms with Crippen LogP contribution in [-0.4, -0.2) is 60.3 Å². The normalized spacial score (nSPS) is 11.3. The van der Waals surface area contributed by atoms with Gasteiger partial charge in [-0.15, -0.1) is 0 Å². The zero-order valence-electron chi connectivity index (χ0n) is 26.9. The summed E-state index contributed by atoms with van der Waals surface area (Å²) >= 11 is 9.79. The van der Waals surface area contributed by atoms with Gasteiger partial charge in [0.25, 0.3) is 0 Å². The van der Waals surface area contributed by atoms with Crippen molar-refractivity contribution in [2.75, 3.05) is 32.8 Å². The summed E-state index contributed by atoms with van der Waals surface area (Å²) in [5.41, 5.74) is 9.57. The maximum atomic E-state index is 13.8. The summed E-state index contributed by atoms with van der Waals surface area (Å²) in [6, 6.07) is 16.8. The highest BCUT2D eigenvalue weighted by atomic mass is 32.1. The Morgan fingerprint density at radius 3 is 2.35 bits per heavy atom. The molecule has 0 bridgehead atoms. The van der Waals surface area contributed by atoms with Crippen LogP contribution in [0.3, 0.4) is 0 Å². The maximum Gasteiger partial charge on any atom is 0.343 e. The van der Waals surface area contributed by atoms with Crippen LogP contribution in [0.15, 0.2) is 60.7 Å². The van der Waals surface area contributed by atoms with Crippen molar-refractivity contribution in [1.82, 2.24) is 10.2 Å². The van der Waals surface area contributed by atoms with Crippen LogP contribution in [-0.2, 0) is 17.8 Å². The van der Waals surface area contributed by atoms with Crippen molar-refractivity contribution in [2.45, 2.75) is 53.0 Å². The molecular formula is C36H44FN3O4S2. The molecule has 0 saturated heterocycles. The molecule has 0 atom stereocenters. The molecule has 0 radical (unpaired) electrons. The molecule has 3 rings (SSSR count). The summed E-state index contributed by atoms with van der Waals surface area (Å²) < 4.78 is 25.9. The van der Waals surface area contributed by atoms with Gasteiger partial charge in [0.15, 0.2) is 0 Å². The van der Waals surface area contributed by atoms with Crippen molar-refractivity contribution in [3.05, 3.63) is 83.2 Å². The van der Waals surface area contributed by atoms with Gasteiger partial charge >= 0.3 is 5.97 Å². The summed E-state index contributed by atoms with van der Waals surface area (Å²) in [6.45, 7) is 8.90. The number of carbonyl (C=O) groups excluding carboxylic acids is 2. The zero-order chi connectivity index (χ0) is 33.5. The van der Waals surface area contributed by atoms with E-state index in [9.17, 15) is 14.0 Å². The van der Waals surface area contributed by atoms with Gasteiger partial charge in [-0.3, -0.25) is 9.69 Å². The highest BCUT2D eigenvalue weighted by Gasteiger charge is 2.19. The van der Waals surface area contributed by atoms with Crippen LogP contribution >= 0.6 is 24.4 Å². The average molecular weight is 666 g/mol. The Morgan fingerprint density at radius 2 is 1.72 bits per heavy atom. The lowest BCUT2D eigenvalue weighted by Crippen LogP contribution is -2.38. The number of unbranched alkanes of at least 4 members (excludes halogenated alkanes) is 1. The molecule has 46 heavy (non-hydrogen) atoms. The van der Waals surface area contributed by atoms with E-state index in [4.69, 9.17) is 39.6 Å². The number of benzene rings is 3. The molecule has 0 fully saturated rings. The highest BCUT2D eigenvalue weighted by Crippen LogP contribution is 2.37. The van der Waals surface area contributed by atoms with Gasteiger partial charge in [0.2, 0.25) is 5.91 Å². The number of amides is 1. The van der Waals surface area contributed by atoms with Crippen LogP contribution in [0.4, 0.5) is 4.39 Å². The lowest BCUT2D eigenvalue weighted by Gasteiger charge is -2.22. The quantitative estimate of drug-likeness (QED) is 0.0631. The van der Waals surface area contributed by atoms with Crippen LogP contribution in [0, 0.1) is 11.2 Å². The van der Waals surface area contributed by atoms with Crippen LogP contribution in [0.5, 0.6) is 11.5 Å². The molecule has 0 aliphatic heterocycles. The van der Waals surface area contributed by atoms with Crippen LogP contribution in [0.25, 0.3) is 11.1 Å². The molecule has 0 unspecified atom stereocenters. The van der Waals surface area contributed by atoms with Crippen molar-refractivity contribution in [3.8, 4) is 22.6 Å². The second kappa shape index (κ2) is 18.5. The second-order valence-corrected chi connectivity index (χ2v) is 12.6. The molecule has 0 aliphatic carbocycles. The number of ether oxygens (including phenoxy) is 2. The number of hydrogen-bond acceptors (Lipinski definition) is 8. The largest absolute Gasteiger partial charge is 0.493 e. The third-order valence-electron chi connectivity index (χ3n) is 7.64. The van der Waals surface area contributed by atoms with Gasteiger partial charge in [-0.1, -0.05) is 69.5 Å². The Labute approximate surface area is 282 Å². The molecule has 7 nitrogen and oxygen atoms in total. The molecule has 3 N–H and O–H groups in total. The van der Waals surface area contributed by atoms with Crippen molar-refractivity contribution in [1.29, 1.82) is 0 Å². The van der Waals surface area contributed by atoms with E-state index in [2.05, 4.69) is 19.2 Å². The Balaban J connectivity index is 1.79. The van der Waals surface area contributed by atoms with Gasteiger partial charge < -0.3 is 20.5 Å². The number of carbonyl (C=O) groups is 2. The summed E-state index contributed by atoms with van der Waals surface area (Å²) in [7, 11) is 0. The first-order valence-corrected chi connectivity index (χ1v) is 16.5. The summed E-state index contributed by atoms with van der Waals surface area (Å²) in [6.07, 6.45) is 3.56. The molecule has 0 saturated carbocycles. The average Bonchev–Trinajstić information content (AvgIpc) is 3.04. The number of halogens is 1. The third kappa shape index (κ3) is 11.7. The SMILES string of the molecule is CCc1cc(-c2ccc(F)cc2)c(OC(=O)c2ccc(CN(CC=S)CC(=O)NCC=S)cc2)cc1OCCCCC(C)(C)CN. The fourth-order valence-electron chi connectivity index (χ4n) is 4.81. The number of thiocarbonyl (C=S) groups is 2. The fourth-order valence-corrected chi connectivity index (χ4v) is 5.11. The van der Waals surface area contributed by atoms with E-state index < -0.39 is 5.97 Å². The van der Waals surface area contributed by atoms with E-state index in [1.807, 2.05) is 30.0 Å². The number of aryl methyl sites for hydroxylation is 1. The monoisotopic (exact) mass is 665 g/mol. The van der Waals surface area contributed by atoms with E-state index in [-0.39, 0.29) is 23.7 Å². The van der Waals surface area contributed by atoms with Crippen molar-refractivity contribution < 1.29 is 23.5 Å². The first kappa shape index (κ1) is 36.9. The van der Waals surface area contributed by atoms with E-state index in [1.54, 1.807) is 35.7 Å². The molecule has 0 aromatic heterocycles. The first-order valence-electron chi connectivity index (χ1n) is 15.5. The molecule has 0 heterocycles. The van der Waals surface area contributed by atoms with E-state index >= 15 is 0 Å². The van der Waals surface area contributed by atoms with Crippen LogP contribution in [0.2, 0.25) is 0 Å². The van der Waals surface area contributed by atoms with Crippen molar-refractivity contribution in [3.63, 3.8) is 0 Å². The second-order valence-electron chi connectivity index (χ2n) is 11.9. The number of rotatable bonds is 19. The van der Waals surface area contributed by atoms with E-state index in [0.717, 1.165) is 36.0 Å². The molecule has 3 aromatic carbocycles. The smallest absolute Gasteiger partial charge is 0.343 e. The lowest BCUT2D eigenvalue weighted by atomic mass is 9.87. The Kier molecular flexibility index (Phi) is 14.9. The van der Waals surface area contributed by atoms with Gasteiger partial charge in [-0.05, 0) is 95.4 Å². The number of nitrogens with two attached hydrogens (primary N) is 1. The predicted octanol–water partition coefficient (Wildman–Crippen LogP) is 6.73. The third-order valence-corrected chi connectivity index (χ3v) is 7.95. The summed E-state index contributed by atoms with van der Waals surface area (Å²) in [5.74, 6) is -0.0624. The Morgan fingerprint density at radius 1 is 1.00 bits per heavy atom. The number of hydrogen-bond donors (Lipinski definition) is 2. The topological polar surface area (TPSA) is 93.9 Å². The minimum Gasteiger partial charge on any atom is -0.493 e. The van der Waals surface area contributed by atoms with Gasteiger partial charge in [-0.2, -0.15) is 0 Å². The molecule has 10 heteroatoms. The lowest BCUT2D eigenvalue weighted by molar-refractivity contribution is -0.121. The molecule has 246 valence electrons. The number of nitrogens with zero attached hydrogens (tertiary/aromatic N) is 1. The minimum atomic E-state index is -0.538. The van der Waals surface area contributed by atoms with E-state index in [0.29, 0.717) is 61.8 Å². The van der Waals surface area contributed by atoms with Gasteiger partial charge in [-0.25, -0.2) is 9.18 Å². The first-order chi connectivity index (χ1) is 22.1. The fraction of sp³-hybridized carbons (Fsp3) is 0.389. The zero-order valence-corrected chi connectivity index (χ0v) is 28.5. The van der Waals surface area contributed by atoms with Gasteiger partial charge in [0.05, 0.1) is 18.7 Å². The molecule has 0 spiro atoms. The van der Waals surface area contributed by atoms with Gasteiger partial charge in [0.1, 0.15) is 17.3 Å². The van der Waals surface area contributed by atoms with Crippen LogP contribution < -0.4 is 20.5 Å². The Bertz CT molecular complexity index is 1460. The summed E-state index contributed by atoms with van der Waals surface area (Å²) in [5, 5.41) is 5.76. The molecule has 0 aliphatic rings. The number of esters is 1. The highest BCUT2D eigenvalue weighted by molar-refractivity contribution is 7.79. The standard InChI is InChI=1S/C36H44FN3O4S2/c1-4-27-21-31(28-11-13-30(37)14-12-28)33(22-32(27)43-18-6-5-15-36(2,3)25-38)44-35(42)29-9-7-26(8-10-29)23-40(17-20-46)24-34(41)39-16-19-45/h7-14,19-22H,4-6,15-18,23-25,38H2,1-3H3,(H,39,41). The summed E-state index contributed by atoms with van der Waals surface area (Å²) in [4.78, 5) is 27.5. The van der Waals surface area contributed by atoms with Crippen molar-refractivity contribution in [2.24, 2.45) is 11.1 Å². The molecule has 3 aromatic rings. The molecular weight excluding hydrogens is 622 g/mol. The van der Waals surface area contributed by atoms with Crippen molar-refractivity contribution >= 4 is 47.0 Å². The minimum absolute atomic E-state index is 0.0921.